The van der Waals surface area contributed by atoms with Crippen LogP contribution in [0.4, 0.5) is 4.79 Å². The maximum atomic E-state index is 12.8. The van der Waals surface area contributed by atoms with E-state index >= 15 is 0 Å². The van der Waals surface area contributed by atoms with Crippen molar-refractivity contribution in [2.45, 2.75) is 57.9 Å². The van der Waals surface area contributed by atoms with Crippen molar-refractivity contribution in [3.05, 3.63) is 47.5 Å². The number of aryl methyl sites for hydroxylation is 1. The number of carbonyl (C=O) groups excluding carboxylic acids is 1. The SMILES string of the molecule is CC1CN(Cc2ccccc2CNC(=O)N2CCC(c3nncn3C)CC2)CC(C)O1. The van der Waals surface area contributed by atoms with Gasteiger partial charge in [-0.05, 0) is 37.8 Å². The Morgan fingerprint density at radius 3 is 2.45 bits per heavy atom. The zero-order chi connectivity index (χ0) is 21.8. The lowest BCUT2D eigenvalue weighted by atomic mass is 9.96. The van der Waals surface area contributed by atoms with Crippen molar-refractivity contribution >= 4 is 6.03 Å². The Morgan fingerprint density at radius 2 is 1.81 bits per heavy atom. The molecule has 0 spiro atoms. The monoisotopic (exact) mass is 426 g/mol. The molecule has 8 nitrogen and oxygen atoms in total. The van der Waals surface area contributed by atoms with E-state index in [0.717, 1.165) is 51.4 Å². The molecule has 0 saturated carbocycles. The molecular weight excluding hydrogens is 392 g/mol. The van der Waals surface area contributed by atoms with Gasteiger partial charge in [-0.15, -0.1) is 10.2 Å². The molecule has 2 amide bonds. The highest BCUT2D eigenvalue weighted by atomic mass is 16.5. The molecule has 0 radical (unpaired) electrons. The number of aromatic nitrogens is 3. The van der Waals surface area contributed by atoms with Crippen molar-refractivity contribution in [3.63, 3.8) is 0 Å². The average molecular weight is 427 g/mol. The van der Waals surface area contributed by atoms with E-state index in [-0.39, 0.29) is 18.2 Å². The van der Waals surface area contributed by atoms with Crippen molar-refractivity contribution in [1.29, 1.82) is 0 Å². The fourth-order valence-corrected chi connectivity index (χ4v) is 4.82. The molecule has 2 aliphatic heterocycles. The molecule has 3 heterocycles. The van der Waals surface area contributed by atoms with E-state index in [9.17, 15) is 4.79 Å². The zero-order valence-electron chi connectivity index (χ0n) is 18.8. The van der Waals surface area contributed by atoms with Crippen LogP contribution in [0.5, 0.6) is 0 Å². The van der Waals surface area contributed by atoms with Gasteiger partial charge in [-0.1, -0.05) is 24.3 Å². The number of nitrogens with one attached hydrogen (secondary N) is 1. The third-order valence-electron chi connectivity index (χ3n) is 6.33. The number of nitrogens with zero attached hydrogens (tertiary/aromatic N) is 5. The van der Waals surface area contributed by atoms with Crippen LogP contribution in [0.3, 0.4) is 0 Å². The van der Waals surface area contributed by atoms with Gasteiger partial charge in [0.25, 0.3) is 0 Å². The Balaban J connectivity index is 1.29. The van der Waals surface area contributed by atoms with Gasteiger partial charge >= 0.3 is 6.03 Å². The molecule has 1 aromatic heterocycles. The molecule has 168 valence electrons. The average Bonchev–Trinajstić information content (AvgIpc) is 3.18. The molecule has 2 saturated heterocycles. The Hall–Kier alpha value is -2.45. The zero-order valence-corrected chi connectivity index (χ0v) is 18.8. The molecule has 2 aliphatic rings. The number of benzene rings is 1. The van der Waals surface area contributed by atoms with E-state index in [2.05, 4.69) is 52.5 Å². The molecule has 1 aromatic carbocycles. The van der Waals surface area contributed by atoms with Crippen LogP contribution in [0.15, 0.2) is 30.6 Å². The van der Waals surface area contributed by atoms with Crippen LogP contribution in [-0.4, -0.2) is 69.0 Å². The summed E-state index contributed by atoms with van der Waals surface area (Å²) in [5, 5.41) is 11.4. The van der Waals surface area contributed by atoms with E-state index in [1.165, 1.54) is 11.1 Å². The Kier molecular flexibility index (Phi) is 6.87. The highest BCUT2D eigenvalue weighted by Gasteiger charge is 2.26. The normalized spacial score (nSPS) is 23.1. The molecule has 2 fully saturated rings. The quantitative estimate of drug-likeness (QED) is 0.795. The van der Waals surface area contributed by atoms with Gasteiger partial charge in [0.2, 0.25) is 0 Å². The maximum Gasteiger partial charge on any atom is 0.317 e. The first-order valence-corrected chi connectivity index (χ1v) is 11.3. The van der Waals surface area contributed by atoms with Gasteiger partial charge in [0.05, 0.1) is 12.2 Å². The summed E-state index contributed by atoms with van der Waals surface area (Å²) in [6, 6.07) is 8.41. The van der Waals surface area contributed by atoms with Crippen molar-refractivity contribution in [3.8, 4) is 0 Å². The van der Waals surface area contributed by atoms with Crippen LogP contribution < -0.4 is 5.32 Å². The molecule has 0 bridgehead atoms. The second-order valence-electron chi connectivity index (χ2n) is 8.94. The second-order valence-corrected chi connectivity index (χ2v) is 8.94. The van der Waals surface area contributed by atoms with E-state index in [1.54, 1.807) is 6.33 Å². The number of hydrogen-bond acceptors (Lipinski definition) is 5. The van der Waals surface area contributed by atoms with Crippen LogP contribution in [-0.2, 0) is 24.9 Å². The number of amides is 2. The summed E-state index contributed by atoms with van der Waals surface area (Å²) in [5.74, 6) is 1.39. The van der Waals surface area contributed by atoms with E-state index in [0.29, 0.717) is 12.5 Å². The first kappa shape index (κ1) is 21.8. The van der Waals surface area contributed by atoms with Crippen molar-refractivity contribution < 1.29 is 9.53 Å². The summed E-state index contributed by atoms with van der Waals surface area (Å²) >= 11 is 0. The fourth-order valence-electron chi connectivity index (χ4n) is 4.82. The van der Waals surface area contributed by atoms with Gasteiger partial charge in [-0.2, -0.15) is 0 Å². The summed E-state index contributed by atoms with van der Waals surface area (Å²) < 4.78 is 7.83. The third kappa shape index (κ3) is 5.43. The second kappa shape index (κ2) is 9.78. The molecule has 4 rings (SSSR count). The third-order valence-corrected chi connectivity index (χ3v) is 6.33. The summed E-state index contributed by atoms with van der Waals surface area (Å²) in [7, 11) is 1.98. The molecule has 2 aromatic rings. The Bertz CT molecular complexity index is 866. The summed E-state index contributed by atoms with van der Waals surface area (Å²) in [4.78, 5) is 17.1. The summed E-state index contributed by atoms with van der Waals surface area (Å²) in [5.41, 5.74) is 2.45. The van der Waals surface area contributed by atoms with Crippen LogP contribution in [0.25, 0.3) is 0 Å². The van der Waals surface area contributed by atoms with E-state index in [1.807, 2.05) is 22.6 Å². The highest BCUT2D eigenvalue weighted by Crippen LogP contribution is 2.26. The number of hydrogen-bond donors (Lipinski definition) is 1. The van der Waals surface area contributed by atoms with Crippen LogP contribution in [0.2, 0.25) is 0 Å². The predicted octanol–water partition coefficient (Wildman–Crippen LogP) is 2.51. The molecule has 2 atom stereocenters. The van der Waals surface area contributed by atoms with Crippen molar-refractivity contribution in [2.75, 3.05) is 26.2 Å². The molecule has 2 unspecified atom stereocenters. The lowest BCUT2D eigenvalue weighted by molar-refractivity contribution is -0.0705. The van der Waals surface area contributed by atoms with Gasteiger partial charge in [-0.3, -0.25) is 4.90 Å². The topological polar surface area (TPSA) is 75.5 Å². The number of rotatable bonds is 5. The van der Waals surface area contributed by atoms with E-state index in [4.69, 9.17) is 4.74 Å². The summed E-state index contributed by atoms with van der Waals surface area (Å²) in [6.45, 7) is 9.05. The smallest absolute Gasteiger partial charge is 0.317 e. The van der Waals surface area contributed by atoms with Gasteiger partial charge in [0.15, 0.2) is 0 Å². The largest absolute Gasteiger partial charge is 0.373 e. The van der Waals surface area contributed by atoms with Gasteiger partial charge < -0.3 is 19.5 Å². The lowest BCUT2D eigenvalue weighted by Crippen LogP contribution is -2.45. The molecule has 0 aliphatic carbocycles. The molecule has 1 N–H and O–H groups in total. The molecule has 8 heteroatoms. The van der Waals surface area contributed by atoms with Crippen molar-refractivity contribution in [1.82, 2.24) is 29.9 Å². The minimum absolute atomic E-state index is 0.0137. The number of urea groups is 1. The number of carbonyl (C=O) groups is 1. The van der Waals surface area contributed by atoms with Gasteiger partial charge in [-0.25, -0.2) is 4.79 Å². The first-order chi connectivity index (χ1) is 15.0. The lowest BCUT2D eigenvalue weighted by Gasteiger charge is -2.35. The Labute approximate surface area is 184 Å². The number of piperidine rings is 1. The number of morpholine rings is 1. The molecular formula is C23H34N6O2. The standard InChI is InChI=1S/C23H34N6O2/c1-17-13-28(14-18(2)31-17)15-21-7-5-4-6-20(21)12-24-23(30)29-10-8-19(9-11-29)22-26-25-16-27(22)3/h4-7,16-19H,8-15H2,1-3H3,(H,24,30). The predicted molar refractivity (Wildman–Crippen MR) is 119 cm³/mol. The fraction of sp³-hybridized carbons (Fsp3) is 0.609. The molecule has 31 heavy (non-hydrogen) atoms. The first-order valence-electron chi connectivity index (χ1n) is 11.3. The Morgan fingerprint density at radius 1 is 1.13 bits per heavy atom. The van der Waals surface area contributed by atoms with Crippen LogP contribution >= 0.6 is 0 Å². The highest BCUT2D eigenvalue weighted by molar-refractivity contribution is 5.74. The minimum Gasteiger partial charge on any atom is -0.373 e. The van der Waals surface area contributed by atoms with Crippen LogP contribution in [0, 0.1) is 0 Å². The van der Waals surface area contributed by atoms with Crippen molar-refractivity contribution in [2.24, 2.45) is 7.05 Å². The summed E-state index contributed by atoms with van der Waals surface area (Å²) in [6.07, 6.45) is 4.08. The van der Waals surface area contributed by atoms with Crippen LogP contribution in [0.1, 0.15) is 49.6 Å². The van der Waals surface area contributed by atoms with Gasteiger partial charge in [0, 0.05) is 52.2 Å². The number of ether oxygens (including phenoxy) is 1. The maximum absolute atomic E-state index is 12.8. The van der Waals surface area contributed by atoms with Gasteiger partial charge in [0.1, 0.15) is 12.2 Å². The number of likely N-dealkylation sites (tertiary alicyclic amines) is 1. The minimum atomic E-state index is 0.0137. The van der Waals surface area contributed by atoms with E-state index < -0.39 is 0 Å².